The van der Waals surface area contributed by atoms with Crippen LogP contribution < -0.4 is 0 Å². The summed E-state index contributed by atoms with van der Waals surface area (Å²) in [5.41, 5.74) is 2.92. The Hall–Kier alpha value is -2.24. The van der Waals surface area contributed by atoms with Gasteiger partial charge in [0.25, 0.3) is 5.69 Å². The van der Waals surface area contributed by atoms with Crippen LogP contribution in [0.2, 0.25) is 0 Å². The van der Waals surface area contributed by atoms with Crippen molar-refractivity contribution >= 4 is 5.69 Å². The molecule has 2 aromatic heterocycles. The quantitative estimate of drug-likeness (QED) is 0.614. The first-order valence-electron chi connectivity index (χ1n) is 5.58. The largest absolute Gasteiger partial charge is 0.278 e. The molecular formula is C12H14N4O2. The molecule has 2 aromatic rings. The van der Waals surface area contributed by atoms with E-state index in [0.717, 1.165) is 5.69 Å². The lowest BCUT2D eigenvalue weighted by Gasteiger charge is -2.07. The molecule has 0 radical (unpaired) electrons. The Morgan fingerprint density at radius 2 is 2.11 bits per heavy atom. The normalized spacial score (nSPS) is 10.6. The zero-order chi connectivity index (χ0) is 13.3. The summed E-state index contributed by atoms with van der Waals surface area (Å²) in [4.78, 5) is 14.9. The minimum absolute atomic E-state index is 0.142. The number of aromatic nitrogens is 3. The van der Waals surface area contributed by atoms with E-state index in [-0.39, 0.29) is 10.6 Å². The summed E-state index contributed by atoms with van der Waals surface area (Å²) in [6.45, 7) is 5.76. The number of pyridine rings is 1. The number of nitro groups is 1. The topological polar surface area (TPSA) is 73.8 Å². The lowest BCUT2D eigenvalue weighted by Crippen LogP contribution is -2.07. The zero-order valence-corrected chi connectivity index (χ0v) is 10.5. The van der Waals surface area contributed by atoms with Crippen molar-refractivity contribution in [1.29, 1.82) is 0 Å². The number of hydrogen-bond donors (Lipinski definition) is 0. The van der Waals surface area contributed by atoms with Crippen LogP contribution in [0.5, 0.6) is 0 Å². The van der Waals surface area contributed by atoms with Crippen LogP contribution in [0.4, 0.5) is 5.69 Å². The summed E-state index contributed by atoms with van der Waals surface area (Å²) in [5, 5.41) is 15.3. The van der Waals surface area contributed by atoms with E-state index < -0.39 is 0 Å². The summed E-state index contributed by atoms with van der Waals surface area (Å²) < 4.78 is 1.73. The third-order valence-corrected chi connectivity index (χ3v) is 2.84. The SMILES string of the molecule is Cc1ccn(Cc2ncc(C)c([N+](=O)[O-])c2C)n1. The van der Waals surface area contributed by atoms with Gasteiger partial charge in [-0.1, -0.05) is 0 Å². The molecule has 2 heterocycles. The third kappa shape index (κ3) is 2.22. The number of nitrogens with zero attached hydrogens (tertiary/aromatic N) is 4. The van der Waals surface area contributed by atoms with Crippen LogP contribution in [0.1, 0.15) is 22.5 Å². The number of hydrogen-bond acceptors (Lipinski definition) is 4. The van der Waals surface area contributed by atoms with Gasteiger partial charge < -0.3 is 0 Å². The molecule has 0 N–H and O–H groups in total. The molecule has 0 spiro atoms. The molecule has 94 valence electrons. The molecular weight excluding hydrogens is 232 g/mol. The lowest BCUT2D eigenvalue weighted by atomic mass is 10.1. The summed E-state index contributed by atoms with van der Waals surface area (Å²) >= 11 is 0. The van der Waals surface area contributed by atoms with E-state index in [4.69, 9.17) is 0 Å². The van der Waals surface area contributed by atoms with Gasteiger partial charge in [0.05, 0.1) is 28.4 Å². The van der Waals surface area contributed by atoms with Crippen molar-refractivity contribution in [2.75, 3.05) is 0 Å². The molecule has 0 saturated carbocycles. The van der Waals surface area contributed by atoms with Gasteiger partial charge in [-0.15, -0.1) is 0 Å². The number of aryl methyl sites for hydroxylation is 2. The van der Waals surface area contributed by atoms with Crippen molar-refractivity contribution in [3.05, 3.63) is 51.1 Å². The fourth-order valence-corrected chi connectivity index (χ4v) is 1.91. The Labute approximate surface area is 104 Å². The highest BCUT2D eigenvalue weighted by atomic mass is 16.6. The molecule has 0 aliphatic heterocycles. The van der Waals surface area contributed by atoms with Gasteiger partial charge in [-0.2, -0.15) is 5.10 Å². The number of rotatable bonds is 3. The van der Waals surface area contributed by atoms with Crippen molar-refractivity contribution in [1.82, 2.24) is 14.8 Å². The van der Waals surface area contributed by atoms with E-state index in [1.807, 2.05) is 19.2 Å². The molecule has 0 aromatic carbocycles. The van der Waals surface area contributed by atoms with Crippen LogP contribution in [0.3, 0.4) is 0 Å². The molecule has 18 heavy (non-hydrogen) atoms. The van der Waals surface area contributed by atoms with Gasteiger partial charge in [-0.3, -0.25) is 19.8 Å². The first-order chi connectivity index (χ1) is 8.49. The van der Waals surface area contributed by atoms with Crippen molar-refractivity contribution in [3.8, 4) is 0 Å². The van der Waals surface area contributed by atoms with Gasteiger partial charge in [0, 0.05) is 18.0 Å². The highest BCUT2D eigenvalue weighted by molar-refractivity contribution is 5.47. The maximum Gasteiger partial charge on any atom is 0.278 e. The Bertz CT molecular complexity index is 604. The first kappa shape index (κ1) is 12.2. The predicted molar refractivity (Wildman–Crippen MR) is 66.4 cm³/mol. The van der Waals surface area contributed by atoms with E-state index >= 15 is 0 Å². The molecule has 6 nitrogen and oxygen atoms in total. The highest BCUT2D eigenvalue weighted by Gasteiger charge is 2.18. The van der Waals surface area contributed by atoms with Crippen LogP contribution in [0.25, 0.3) is 0 Å². The molecule has 2 rings (SSSR count). The maximum atomic E-state index is 11.0. The fourth-order valence-electron chi connectivity index (χ4n) is 1.91. The van der Waals surface area contributed by atoms with E-state index in [9.17, 15) is 10.1 Å². The van der Waals surface area contributed by atoms with Gasteiger partial charge in [0.15, 0.2) is 0 Å². The van der Waals surface area contributed by atoms with Crippen molar-refractivity contribution in [3.63, 3.8) is 0 Å². The van der Waals surface area contributed by atoms with Crippen LogP contribution >= 0.6 is 0 Å². The summed E-state index contributed by atoms with van der Waals surface area (Å²) in [5.74, 6) is 0. The summed E-state index contributed by atoms with van der Waals surface area (Å²) in [6.07, 6.45) is 3.37. The molecule has 0 amide bonds. The Morgan fingerprint density at radius 1 is 1.39 bits per heavy atom. The van der Waals surface area contributed by atoms with Crippen molar-refractivity contribution in [2.45, 2.75) is 27.3 Å². The minimum Gasteiger partial charge on any atom is -0.266 e. The molecule has 0 atom stereocenters. The van der Waals surface area contributed by atoms with Gasteiger partial charge in [-0.05, 0) is 26.8 Å². The van der Waals surface area contributed by atoms with Crippen LogP contribution in [-0.2, 0) is 6.54 Å². The fraction of sp³-hybridized carbons (Fsp3) is 0.333. The molecule has 0 aliphatic carbocycles. The second-order valence-electron chi connectivity index (χ2n) is 4.27. The van der Waals surface area contributed by atoms with E-state index in [1.165, 1.54) is 6.20 Å². The van der Waals surface area contributed by atoms with Crippen LogP contribution in [0, 0.1) is 30.9 Å². The van der Waals surface area contributed by atoms with Gasteiger partial charge >= 0.3 is 0 Å². The Morgan fingerprint density at radius 3 is 2.67 bits per heavy atom. The molecule has 0 bridgehead atoms. The zero-order valence-electron chi connectivity index (χ0n) is 10.5. The van der Waals surface area contributed by atoms with Crippen molar-refractivity contribution < 1.29 is 4.92 Å². The molecule has 0 aliphatic rings. The third-order valence-electron chi connectivity index (χ3n) is 2.84. The molecule has 0 fully saturated rings. The van der Waals surface area contributed by atoms with E-state index in [2.05, 4.69) is 10.1 Å². The van der Waals surface area contributed by atoms with Crippen LogP contribution in [-0.4, -0.2) is 19.7 Å². The predicted octanol–water partition coefficient (Wildman–Crippen LogP) is 2.16. The molecule has 6 heteroatoms. The smallest absolute Gasteiger partial charge is 0.266 e. The average Bonchev–Trinajstić information content (AvgIpc) is 2.68. The minimum atomic E-state index is -0.357. The highest BCUT2D eigenvalue weighted by Crippen LogP contribution is 2.24. The van der Waals surface area contributed by atoms with Crippen molar-refractivity contribution in [2.24, 2.45) is 0 Å². The first-order valence-corrected chi connectivity index (χ1v) is 5.58. The van der Waals surface area contributed by atoms with E-state index in [1.54, 1.807) is 18.5 Å². The Kier molecular flexibility index (Phi) is 3.10. The van der Waals surface area contributed by atoms with Gasteiger partial charge in [0.2, 0.25) is 0 Å². The summed E-state index contributed by atoms with van der Waals surface area (Å²) in [7, 11) is 0. The van der Waals surface area contributed by atoms with E-state index in [0.29, 0.717) is 23.4 Å². The van der Waals surface area contributed by atoms with Gasteiger partial charge in [-0.25, -0.2) is 0 Å². The second-order valence-corrected chi connectivity index (χ2v) is 4.27. The lowest BCUT2D eigenvalue weighted by molar-refractivity contribution is -0.386. The average molecular weight is 246 g/mol. The second kappa shape index (κ2) is 4.56. The summed E-state index contributed by atoms with van der Waals surface area (Å²) in [6, 6.07) is 1.89. The Balaban J connectivity index is 2.40. The molecule has 0 saturated heterocycles. The maximum absolute atomic E-state index is 11.0. The molecule has 0 unspecified atom stereocenters. The van der Waals surface area contributed by atoms with Gasteiger partial charge in [0.1, 0.15) is 0 Å². The standard InChI is InChI=1S/C12H14N4O2/c1-8-6-13-11(10(3)12(8)16(17)18)7-15-5-4-9(2)14-15/h4-6H,7H2,1-3H3. The monoisotopic (exact) mass is 246 g/mol. The van der Waals surface area contributed by atoms with Crippen LogP contribution in [0.15, 0.2) is 18.5 Å².